The first-order valence-corrected chi connectivity index (χ1v) is 48.0. The van der Waals surface area contributed by atoms with E-state index in [0.717, 1.165) is 125 Å². The van der Waals surface area contributed by atoms with E-state index in [1.165, 1.54) is 43.4 Å². The number of phenols is 1. The molecular weight excluding hydrogens is 1640 g/mol. The summed E-state index contributed by atoms with van der Waals surface area (Å²) in [6, 6.07) is 9.48. The molecule has 6 heterocycles. The Morgan fingerprint density at radius 1 is 0.419 bits per heavy atom. The first kappa shape index (κ1) is 113. The van der Waals surface area contributed by atoms with Crippen LogP contribution in [-0.4, -0.2) is 247 Å². The lowest BCUT2D eigenvalue weighted by molar-refractivity contribution is -0.144. The van der Waals surface area contributed by atoms with Gasteiger partial charge in [-0.1, -0.05) is 180 Å². The van der Waals surface area contributed by atoms with E-state index in [-0.39, 0.29) is 153 Å². The number of ketones is 7. The summed E-state index contributed by atoms with van der Waals surface area (Å²) in [5, 5.41) is 27.6. The van der Waals surface area contributed by atoms with E-state index in [0.29, 0.717) is 63.2 Å². The molecule has 2 saturated carbocycles. The van der Waals surface area contributed by atoms with E-state index in [1.54, 1.807) is 80.6 Å². The molecule has 12 atom stereocenters. The molecule has 0 radical (unpaired) electrons. The number of rotatable bonds is 33. The van der Waals surface area contributed by atoms with Gasteiger partial charge in [-0.05, 0) is 177 Å². The summed E-state index contributed by atoms with van der Waals surface area (Å²) in [7, 11) is 3.62. The zero-order valence-electron chi connectivity index (χ0n) is 81.3. The number of nitrogens with two attached hydrogens (primary N) is 5. The Bertz CT molecular complexity index is 4070. The molecule has 5 saturated heterocycles. The maximum Gasteiger partial charge on any atom is 0.305 e. The third-order valence-corrected chi connectivity index (χ3v) is 25.6. The number of aromatic hydroxyl groups is 1. The van der Waals surface area contributed by atoms with Gasteiger partial charge < -0.3 is 84.3 Å². The highest BCUT2D eigenvalue weighted by Gasteiger charge is 2.44. The molecule has 7 aliphatic rings. The molecular formula is C99H164N14O16. The number of H-pyrrole nitrogens is 1. The van der Waals surface area contributed by atoms with Crippen LogP contribution < -0.4 is 44.6 Å². The van der Waals surface area contributed by atoms with Crippen molar-refractivity contribution in [2.24, 2.45) is 87.8 Å². The molecule has 10 rings (SSSR count). The second kappa shape index (κ2) is 56.4. The normalized spacial score (nSPS) is 20.5. The average molecular weight is 1810 g/mol. The predicted molar refractivity (Wildman–Crippen MR) is 506 cm³/mol. The monoisotopic (exact) mass is 1810 g/mol. The fourth-order valence-electron chi connectivity index (χ4n) is 18.2. The maximum atomic E-state index is 12.9. The number of Topliss-reactive ketones (excluding diaryl/α,β-unsaturated/α-hetero) is 7. The van der Waals surface area contributed by atoms with Crippen molar-refractivity contribution < 1.29 is 77.3 Å². The lowest BCUT2D eigenvalue weighted by atomic mass is 9.83. The molecule has 0 spiro atoms. The number of nitrogens with zero attached hydrogens (tertiary/aromatic N) is 5. The van der Waals surface area contributed by atoms with Gasteiger partial charge in [0.15, 0.2) is 40.5 Å². The van der Waals surface area contributed by atoms with Gasteiger partial charge in [0, 0.05) is 91.2 Å². The first-order valence-electron chi connectivity index (χ1n) is 48.0. The van der Waals surface area contributed by atoms with Crippen molar-refractivity contribution in [1.29, 1.82) is 0 Å². The van der Waals surface area contributed by atoms with E-state index < -0.39 is 54.5 Å². The summed E-state index contributed by atoms with van der Waals surface area (Å²) < 4.78 is 0. The molecule has 1 unspecified atom stereocenters. The van der Waals surface area contributed by atoms with Crippen LogP contribution in [0.5, 0.6) is 5.75 Å². The highest BCUT2D eigenvalue weighted by molar-refractivity contribution is 5.97. The highest BCUT2D eigenvalue weighted by Crippen LogP contribution is 2.33. The van der Waals surface area contributed by atoms with Gasteiger partial charge in [0.1, 0.15) is 5.75 Å². The van der Waals surface area contributed by atoms with Crippen LogP contribution in [0.25, 0.3) is 10.9 Å². The number of para-hydroxylation sites is 1. The van der Waals surface area contributed by atoms with Crippen molar-refractivity contribution in [2.45, 2.75) is 344 Å². The molecule has 30 heteroatoms. The van der Waals surface area contributed by atoms with Crippen LogP contribution in [-0.2, 0) is 80.0 Å². The van der Waals surface area contributed by atoms with Crippen LogP contribution in [0.15, 0.2) is 54.7 Å². The van der Waals surface area contributed by atoms with Crippen molar-refractivity contribution in [3.63, 3.8) is 0 Å². The van der Waals surface area contributed by atoms with Crippen molar-refractivity contribution in [3.05, 3.63) is 65.9 Å². The number of fused-ring (bicyclic) bond motifs is 1. The maximum absolute atomic E-state index is 12.9. The number of nitrogens with one attached hydrogen (secondary N) is 4. The minimum absolute atomic E-state index is 0.00566. The number of phenolic OH excluding ortho intramolecular Hbond substituents is 1. The van der Waals surface area contributed by atoms with E-state index in [2.05, 4.69) is 34.8 Å². The second-order valence-electron chi connectivity index (χ2n) is 38.8. The van der Waals surface area contributed by atoms with Crippen LogP contribution >= 0.6 is 0 Å². The number of carbonyl (C=O) groups is 14. The Balaban J connectivity index is 0.000000318. The molecule has 7 fully saturated rings. The molecule has 726 valence electrons. The molecule has 129 heavy (non-hydrogen) atoms. The van der Waals surface area contributed by atoms with Crippen LogP contribution in [0.3, 0.4) is 0 Å². The number of amides is 6. The number of carboxylic acids is 1. The number of likely N-dealkylation sites (N-methyl/N-ethyl adjacent to an activating group) is 2. The lowest BCUT2D eigenvalue weighted by Gasteiger charge is -2.34. The van der Waals surface area contributed by atoms with Gasteiger partial charge in [-0.15, -0.1) is 0 Å². The average Bonchev–Trinajstić information content (AvgIpc) is 1.83. The van der Waals surface area contributed by atoms with Gasteiger partial charge in [-0.25, -0.2) is 0 Å². The minimum atomic E-state index is -1.11. The second-order valence-corrected chi connectivity index (χ2v) is 38.8. The van der Waals surface area contributed by atoms with Gasteiger partial charge in [0.2, 0.25) is 35.4 Å². The van der Waals surface area contributed by atoms with E-state index in [9.17, 15) is 72.2 Å². The summed E-state index contributed by atoms with van der Waals surface area (Å²) in [5.41, 5.74) is 32.4. The van der Waals surface area contributed by atoms with E-state index in [4.69, 9.17) is 33.8 Å². The standard InChI is InChI=1S/C19H25N3O2.C17H30N2O2.C16H28N2O2.C15H22N2O3.C12H20N2O4.C11H20N2O2.C9H19NO/c1-12(2)18(23)17-8-5-9-22(17)19(24)15(20)10-13-11-21-16-7-4-3-6-14(13)16;1-12(2)16(20)14-10-7-11-19(14)17(21)15(18-3)13-8-5-4-6-9-13;1-11(2)15(19)13-9-6-10-18(13)16(20)14(17)12-7-4-3-5-8-12;1-9(2)14(19)10(3)17-15(20)13(16)8-11-4-6-12(18)7-5-11;1-7(2)11(17)9-4-3-5-14(9)12(18)8(13)6-10(15)16;1-8(2)11(15)9-5-4-6-13(9)10(14)7-12-3;1-6(2)5-8(10)9(11)7(3)4/h3-4,6-7,11-12,15,17,21H,5,8-10,20H2,1-2H3;12-15,18H,4-11H2,1-3H3;11-14H,3-10,17H2,1-2H3;4-7,9-10,13,18H,8,16H2,1-3H3,(H,17,20);7-9H,3-6,13H2,1-2H3,(H,15,16);8-9,12H,4-7H2,1-3H3;6-8H,5,10H2,1-4H3/t15-,17-;14-,15-;13-,14-;10-,13-;8-,9-;9-;/m000000./s1. The summed E-state index contributed by atoms with van der Waals surface area (Å²) in [6.45, 7) is 35.6. The van der Waals surface area contributed by atoms with Crippen molar-refractivity contribution in [3.8, 4) is 5.75 Å². The van der Waals surface area contributed by atoms with Crippen molar-refractivity contribution >= 4 is 92.8 Å². The Morgan fingerprint density at radius 2 is 0.806 bits per heavy atom. The fraction of sp³-hybridized carbons (Fsp3) is 0.717. The molecule has 2 aromatic carbocycles. The Morgan fingerprint density at radius 3 is 1.20 bits per heavy atom. The molecule has 1 aromatic heterocycles. The number of aromatic amines is 1. The number of carbonyl (C=O) groups excluding carboxylic acids is 13. The minimum Gasteiger partial charge on any atom is -0.508 e. The van der Waals surface area contributed by atoms with E-state index in [1.807, 2.05) is 112 Å². The lowest BCUT2D eigenvalue weighted by Crippen LogP contribution is -2.53. The van der Waals surface area contributed by atoms with Crippen LogP contribution in [0, 0.1) is 59.2 Å². The number of likely N-dealkylation sites (tertiary alicyclic amines) is 5. The van der Waals surface area contributed by atoms with Crippen LogP contribution in [0.2, 0.25) is 0 Å². The number of hydrogen-bond acceptors (Lipinski definition) is 22. The molecule has 3 aromatic rings. The van der Waals surface area contributed by atoms with Gasteiger partial charge in [-0.3, -0.25) is 67.1 Å². The molecule has 16 N–H and O–H groups in total. The molecule has 0 bridgehead atoms. The molecule has 2 aliphatic carbocycles. The number of carboxylic acid groups (broad SMARTS) is 1. The zero-order valence-corrected chi connectivity index (χ0v) is 81.3. The Hall–Kier alpha value is -8.52. The quantitative estimate of drug-likeness (QED) is 0.0270. The summed E-state index contributed by atoms with van der Waals surface area (Å²) in [5.74, 6) is 0.280. The molecule has 5 aliphatic heterocycles. The van der Waals surface area contributed by atoms with Gasteiger partial charge in [-0.2, -0.15) is 0 Å². The Kier molecular flexibility index (Phi) is 49.3. The first-order chi connectivity index (χ1) is 60.7. The number of hydrogen-bond donors (Lipinski definition) is 11. The summed E-state index contributed by atoms with van der Waals surface area (Å²) >= 11 is 0. The van der Waals surface area contributed by atoms with Gasteiger partial charge in [0.05, 0.1) is 85.5 Å². The smallest absolute Gasteiger partial charge is 0.305 e. The number of aromatic nitrogens is 1. The number of aliphatic carboxylic acids is 1. The number of benzene rings is 2. The van der Waals surface area contributed by atoms with Crippen LogP contribution in [0.4, 0.5) is 0 Å². The van der Waals surface area contributed by atoms with Crippen LogP contribution in [0.1, 0.15) is 270 Å². The fourth-order valence-corrected chi connectivity index (χ4v) is 18.2. The summed E-state index contributed by atoms with van der Waals surface area (Å²) in [6.07, 6.45) is 23.2. The highest BCUT2D eigenvalue weighted by atomic mass is 16.4. The SMILES string of the molecule is CC(C)C(=O)[C@@H]1CCCN1C(=O)[C@@H](N)C1CCCCC1.CC(C)C(=O)[C@@H]1CCCN1C(=O)[C@@H](N)CC(=O)O.CC(C)C(=O)[C@@H]1CCCN1C(=O)[C@@H](N)Cc1c[nH]c2ccccc12.CC(C)C(=O)[C@H](C)NC(=O)[C@@H](N)Cc1ccc(O)cc1.CC(C)CC(N)C(=O)C(C)C.CNCC(=O)N1CCC[C@H]1C(=O)C(C)C.CN[C@H](C(=O)N1CCC[C@H]1C(=O)C(C)C)C1CCCCC1. The Labute approximate surface area is 768 Å². The summed E-state index contributed by atoms with van der Waals surface area (Å²) in [4.78, 5) is 180. The third-order valence-electron chi connectivity index (χ3n) is 25.6. The van der Waals surface area contributed by atoms with E-state index >= 15 is 0 Å². The van der Waals surface area contributed by atoms with Gasteiger partial charge in [0.25, 0.3) is 0 Å². The van der Waals surface area contributed by atoms with Gasteiger partial charge >= 0.3 is 5.97 Å². The largest absolute Gasteiger partial charge is 0.508 e. The predicted octanol–water partition coefficient (Wildman–Crippen LogP) is 9.74. The van der Waals surface area contributed by atoms with Crippen molar-refractivity contribution in [2.75, 3.05) is 53.4 Å². The zero-order chi connectivity index (χ0) is 97.0. The molecule has 30 nitrogen and oxygen atoms in total. The topological polar surface area (TPSA) is 478 Å². The van der Waals surface area contributed by atoms with Crippen molar-refractivity contribution in [1.82, 2.24) is 45.4 Å². The third kappa shape index (κ3) is 35.2. The molecule has 6 amide bonds.